The molecule has 3 aromatic rings. The molecule has 5 rings (SSSR count). The lowest BCUT2D eigenvalue weighted by atomic mass is 9.74. The third-order valence-corrected chi connectivity index (χ3v) is 8.47. The average Bonchev–Trinajstić information content (AvgIpc) is 3.08. The molecule has 0 saturated carbocycles. The van der Waals surface area contributed by atoms with Crippen LogP contribution in [0.4, 0.5) is 0 Å². The van der Waals surface area contributed by atoms with Gasteiger partial charge < -0.3 is 4.90 Å². The van der Waals surface area contributed by atoms with Gasteiger partial charge in [-0.15, -0.1) is 11.8 Å². The highest BCUT2D eigenvalue weighted by molar-refractivity contribution is 8.01. The molecule has 2 saturated heterocycles. The Morgan fingerprint density at radius 1 is 0.939 bits per heavy atom. The molecule has 3 aromatic carbocycles. The normalized spacial score (nSPS) is 23.5. The van der Waals surface area contributed by atoms with E-state index >= 15 is 0 Å². The fourth-order valence-electron chi connectivity index (χ4n) is 5.27. The molecule has 33 heavy (non-hydrogen) atoms. The second kappa shape index (κ2) is 8.06. The highest BCUT2D eigenvalue weighted by Crippen LogP contribution is 2.52. The van der Waals surface area contributed by atoms with Gasteiger partial charge in [-0.3, -0.25) is 10.1 Å². The number of hydrogen-bond donors (Lipinski definition) is 1. The van der Waals surface area contributed by atoms with Gasteiger partial charge in [0.1, 0.15) is 17.5 Å². The summed E-state index contributed by atoms with van der Waals surface area (Å²) in [6.45, 7) is 6.22. The molecule has 3 atom stereocenters. The van der Waals surface area contributed by atoms with E-state index in [0.29, 0.717) is 0 Å². The topological polar surface area (TPSA) is 56.1 Å². The highest BCUT2D eigenvalue weighted by Gasteiger charge is 2.63. The number of benzene rings is 3. The van der Waals surface area contributed by atoms with Gasteiger partial charge in [0.15, 0.2) is 0 Å². The van der Waals surface area contributed by atoms with Crippen molar-refractivity contribution >= 4 is 17.7 Å². The van der Waals surface area contributed by atoms with Crippen LogP contribution in [0.1, 0.15) is 36.1 Å². The van der Waals surface area contributed by atoms with Crippen LogP contribution in [0.25, 0.3) is 0 Å². The minimum Gasteiger partial charge on any atom is -0.310 e. The summed E-state index contributed by atoms with van der Waals surface area (Å²) in [6.07, 6.45) is 0. The summed E-state index contributed by atoms with van der Waals surface area (Å²) >= 11 is 1.71. The standard InChI is InChI=1S/C28H27N3OS/c1-19-12-10-11-17-22(19)28(20-13-6-4-7-14-20,21-15-8-5-9-16-21)30-24-25(32)31-23(18-29)27(2,3)33-26(24)31/h4-17,23-24,26,30H,1-3H3/t23?,24?,26-/m1/s1. The molecule has 2 heterocycles. The second-order valence-electron chi connectivity index (χ2n) is 9.31. The van der Waals surface area contributed by atoms with Gasteiger partial charge in [-0.05, 0) is 43.0 Å². The van der Waals surface area contributed by atoms with Crippen molar-refractivity contribution in [1.82, 2.24) is 10.2 Å². The predicted octanol–water partition coefficient (Wildman–Crippen LogP) is 4.83. The van der Waals surface area contributed by atoms with Crippen LogP contribution in [0.5, 0.6) is 0 Å². The monoisotopic (exact) mass is 453 g/mol. The van der Waals surface area contributed by atoms with Gasteiger partial charge in [-0.2, -0.15) is 5.26 Å². The molecule has 166 valence electrons. The minimum absolute atomic E-state index is 0.00514. The summed E-state index contributed by atoms with van der Waals surface area (Å²) in [4.78, 5) is 15.2. The van der Waals surface area contributed by atoms with Crippen LogP contribution >= 0.6 is 11.8 Å². The van der Waals surface area contributed by atoms with E-state index in [-0.39, 0.29) is 16.0 Å². The molecular weight excluding hydrogens is 426 g/mol. The summed E-state index contributed by atoms with van der Waals surface area (Å²) in [6, 6.07) is 30.6. The zero-order valence-corrected chi connectivity index (χ0v) is 19.8. The van der Waals surface area contributed by atoms with Gasteiger partial charge in [-0.1, -0.05) is 84.9 Å². The first kappa shape index (κ1) is 21.8. The summed E-state index contributed by atoms with van der Waals surface area (Å²) in [5, 5.41) is 13.5. The largest absolute Gasteiger partial charge is 0.310 e. The number of carbonyl (C=O) groups is 1. The van der Waals surface area contributed by atoms with E-state index in [4.69, 9.17) is 0 Å². The van der Waals surface area contributed by atoms with Crippen molar-refractivity contribution in [1.29, 1.82) is 5.26 Å². The maximum atomic E-state index is 13.5. The molecule has 2 aliphatic rings. The Hall–Kier alpha value is -3.07. The SMILES string of the molecule is Cc1ccccc1C(NC1C(=O)N2C(C#N)C(C)(C)S[C@H]12)(c1ccccc1)c1ccccc1. The fraction of sp³-hybridized carbons (Fsp3) is 0.286. The minimum atomic E-state index is -0.713. The third-order valence-electron chi connectivity index (χ3n) is 6.90. The molecule has 0 spiro atoms. The Balaban J connectivity index is 1.69. The second-order valence-corrected chi connectivity index (χ2v) is 11.1. The molecule has 1 amide bonds. The van der Waals surface area contributed by atoms with Crippen LogP contribution in [0.3, 0.4) is 0 Å². The zero-order chi connectivity index (χ0) is 23.2. The molecule has 2 aliphatic heterocycles. The van der Waals surface area contributed by atoms with Crippen molar-refractivity contribution < 1.29 is 4.79 Å². The Bertz CT molecular complexity index is 1180. The average molecular weight is 454 g/mol. The van der Waals surface area contributed by atoms with Gasteiger partial charge in [0.25, 0.3) is 0 Å². The van der Waals surface area contributed by atoms with Crippen molar-refractivity contribution in [3.05, 3.63) is 107 Å². The van der Waals surface area contributed by atoms with Crippen LogP contribution in [-0.4, -0.2) is 33.0 Å². The first-order chi connectivity index (χ1) is 15.9. The van der Waals surface area contributed by atoms with Crippen LogP contribution < -0.4 is 5.32 Å². The number of nitrogens with zero attached hydrogens (tertiary/aromatic N) is 2. The summed E-state index contributed by atoms with van der Waals surface area (Å²) in [5.41, 5.74) is 3.71. The Morgan fingerprint density at radius 2 is 1.48 bits per heavy atom. The van der Waals surface area contributed by atoms with Gasteiger partial charge in [0.05, 0.1) is 11.6 Å². The van der Waals surface area contributed by atoms with Crippen molar-refractivity contribution in [2.24, 2.45) is 0 Å². The van der Waals surface area contributed by atoms with Gasteiger partial charge in [-0.25, -0.2) is 0 Å². The van der Waals surface area contributed by atoms with E-state index in [1.165, 1.54) is 0 Å². The maximum Gasteiger partial charge on any atom is 0.244 e. The van der Waals surface area contributed by atoms with E-state index in [0.717, 1.165) is 22.3 Å². The molecule has 2 fully saturated rings. The lowest BCUT2D eigenvalue weighted by Crippen LogP contribution is -2.71. The first-order valence-corrected chi connectivity index (χ1v) is 12.1. The van der Waals surface area contributed by atoms with E-state index < -0.39 is 17.6 Å². The zero-order valence-electron chi connectivity index (χ0n) is 19.0. The van der Waals surface area contributed by atoms with Crippen LogP contribution in [0, 0.1) is 18.3 Å². The summed E-state index contributed by atoms with van der Waals surface area (Å²) < 4.78 is -0.309. The lowest BCUT2D eigenvalue weighted by Gasteiger charge is -2.49. The summed E-state index contributed by atoms with van der Waals surface area (Å²) in [7, 11) is 0. The Kier molecular flexibility index (Phi) is 5.31. The molecule has 4 nitrogen and oxygen atoms in total. The highest BCUT2D eigenvalue weighted by atomic mass is 32.2. The van der Waals surface area contributed by atoms with Gasteiger partial charge in [0.2, 0.25) is 5.91 Å². The molecule has 1 N–H and O–H groups in total. The van der Waals surface area contributed by atoms with Crippen LogP contribution in [0.2, 0.25) is 0 Å². The summed E-state index contributed by atoms with van der Waals surface area (Å²) in [5.74, 6) is -0.00514. The van der Waals surface area contributed by atoms with Crippen molar-refractivity contribution in [3.8, 4) is 6.07 Å². The van der Waals surface area contributed by atoms with E-state index in [2.05, 4.69) is 74.6 Å². The molecular formula is C28H27N3OS. The first-order valence-electron chi connectivity index (χ1n) is 11.2. The van der Waals surface area contributed by atoms with Gasteiger partial charge >= 0.3 is 0 Å². The third kappa shape index (κ3) is 3.28. The van der Waals surface area contributed by atoms with E-state index in [9.17, 15) is 10.1 Å². The fourth-order valence-corrected chi connectivity index (χ4v) is 6.85. The van der Waals surface area contributed by atoms with Crippen molar-refractivity contribution in [2.45, 2.75) is 48.5 Å². The van der Waals surface area contributed by atoms with Crippen LogP contribution in [0.15, 0.2) is 84.9 Å². The van der Waals surface area contributed by atoms with E-state index in [1.54, 1.807) is 16.7 Å². The number of β-lactam (4-membered cyclic amide) rings is 1. The quantitative estimate of drug-likeness (QED) is 0.444. The molecule has 2 unspecified atom stereocenters. The van der Waals surface area contributed by atoms with Crippen molar-refractivity contribution in [2.75, 3.05) is 0 Å². The number of nitriles is 1. The number of nitrogens with one attached hydrogen (secondary N) is 1. The predicted molar refractivity (Wildman–Crippen MR) is 133 cm³/mol. The van der Waals surface area contributed by atoms with Crippen molar-refractivity contribution in [3.63, 3.8) is 0 Å². The number of thioether (sulfide) groups is 1. The smallest absolute Gasteiger partial charge is 0.244 e. The molecule has 0 radical (unpaired) electrons. The number of hydrogen-bond acceptors (Lipinski definition) is 4. The number of amides is 1. The number of aryl methyl sites for hydroxylation is 1. The molecule has 0 aromatic heterocycles. The van der Waals surface area contributed by atoms with Crippen LogP contribution in [-0.2, 0) is 10.3 Å². The molecule has 0 aliphatic carbocycles. The number of rotatable bonds is 5. The van der Waals surface area contributed by atoms with Gasteiger partial charge in [0, 0.05) is 4.75 Å². The molecule has 5 heteroatoms. The number of carbonyl (C=O) groups excluding carboxylic acids is 1. The van der Waals surface area contributed by atoms with E-state index in [1.807, 2.05) is 42.5 Å². The molecule has 0 bridgehead atoms. The lowest BCUT2D eigenvalue weighted by molar-refractivity contribution is -0.148. The number of fused-ring (bicyclic) bond motifs is 1. The maximum absolute atomic E-state index is 13.5. The Labute approximate surface area is 199 Å². The Morgan fingerprint density at radius 3 is 2.03 bits per heavy atom.